The molecule has 0 aromatic heterocycles. The van der Waals surface area contributed by atoms with E-state index in [2.05, 4.69) is 30.0 Å². The van der Waals surface area contributed by atoms with E-state index in [9.17, 15) is 9.50 Å². The monoisotopic (exact) mass is 297 g/mol. The summed E-state index contributed by atoms with van der Waals surface area (Å²) < 4.78 is 18.1. The minimum Gasteiger partial charge on any atom is -0.491 e. The van der Waals surface area contributed by atoms with Crippen LogP contribution < -0.4 is 20.9 Å². The van der Waals surface area contributed by atoms with Gasteiger partial charge in [0, 0.05) is 31.1 Å². The normalized spacial score (nSPS) is 26.8. The lowest BCUT2D eigenvalue weighted by Gasteiger charge is -2.20. The van der Waals surface area contributed by atoms with Crippen LogP contribution in [0.1, 0.15) is 13.8 Å². The van der Waals surface area contributed by atoms with Gasteiger partial charge in [-0.1, -0.05) is 0 Å². The number of benzene rings is 1. The number of hydrazine groups is 1. The summed E-state index contributed by atoms with van der Waals surface area (Å²) in [5.41, 5.74) is 6.40. The largest absolute Gasteiger partial charge is 0.491 e. The van der Waals surface area contributed by atoms with Crippen molar-refractivity contribution in [2.75, 3.05) is 19.7 Å². The number of rotatable bonds is 7. The van der Waals surface area contributed by atoms with Crippen LogP contribution in [0.25, 0.3) is 0 Å². The van der Waals surface area contributed by atoms with Crippen molar-refractivity contribution < 1.29 is 14.2 Å². The fourth-order valence-electron chi connectivity index (χ4n) is 2.46. The fraction of sp³-hybridized carbons (Fsp3) is 0.600. The van der Waals surface area contributed by atoms with Crippen LogP contribution in [0.15, 0.2) is 24.3 Å². The summed E-state index contributed by atoms with van der Waals surface area (Å²) in [4.78, 5) is 0. The van der Waals surface area contributed by atoms with Gasteiger partial charge in [-0.25, -0.2) is 4.39 Å². The second-order valence-corrected chi connectivity index (χ2v) is 5.61. The highest BCUT2D eigenvalue weighted by Gasteiger charge is 2.29. The van der Waals surface area contributed by atoms with Gasteiger partial charge in [0.15, 0.2) is 0 Å². The zero-order valence-corrected chi connectivity index (χ0v) is 12.5. The van der Waals surface area contributed by atoms with Crippen molar-refractivity contribution in [2.45, 2.75) is 32.0 Å². The topological polar surface area (TPSA) is 65.5 Å². The number of hydrogen-bond donors (Lipinski definition) is 4. The molecule has 0 amide bonds. The smallest absolute Gasteiger partial charge is 0.123 e. The van der Waals surface area contributed by atoms with Gasteiger partial charge in [-0.15, -0.1) is 0 Å². The van der Waals surface area contributed by atoms with E-state index in [-0.39, 0.29) is 12.4 Å². The van der Waals surface area contributed by atoms with Gasteiger partial charge in [-0.3, -0.25) is 10.9 Å². The maximum absolute atomic E-state index is 12.7. The molecule has 3 unspecified atom stereocenters. The molecule has 1 fully saturated rings. The molecule has 0 aliphatic carbocycles. The van der Waals surface area contributed by atoms with Crippen molar-refractivity contribution in [2.24, 2.45) is 5.92 Å². The summed E-state index contributed by atoms with van der Waals surface area (Å²) in [6, 6.07) is 6.58. The van der Waals surface area contributed by atoms with Crippen molar-refractivity contribution in [3.05, 3.63) is 30.1 Å². The Hall–Kier alpha value is -1.21. The molecule has 2 rings (SSSR count). The maximum Gasteiger partial charge on any atom is 0.123 e. The number of nitrogens with one attached hydrogen (secondary N) is 3. The fourth-order valence-corrected chi connectivity index (χ4v) is 2.46. The summed E-state index contributed by atoms with van der Waals surface area (Å²) in [7, 11) is 0. The van der Waals surface area contributed by atoms with Crippen molar-refractivity contribution in [3.63, 3.8) is 0 Å². The number of hydrogen-bond acceptors (Lipinski definition) is 5. The van der Waals surface area contributed by atoms with Crippen LogP contribution in [0.4, 0.5) is 4.39 Å². The molecule has 1 aliphatic heterocycles. The average Bonchev–Trinajstić information content (AvgIpc) is 2.78. The molecule has 0 saturated carbocycles. The summed E-state index contributed by atoms with van der Waals surface area (Å²) in [5, 5.41) is 13.1. The Labute approximate surface area is 124 Å². The van der Waals surface area contributed by atoms with Crippen LogP contribution in [0.2, 0.25) is 0 Å². The second-order valence-electron chi connectivity index (χ2n) is 5.61. The third-order valence-electron chi connectivity index (χ3n) is 3.84. The standard InChI is InChI=1S/C15H24FN3O2/c1-10-15(11(2)19-18-10)8-17-7-13(20)9-21-14-5-3-12(16)4-6-14/h3-6,10-11,13,15,17-20H,7-9H2,1-2H3. The van der Waals surface area contributed by atoms with Crippen LogP contribution in [0, 0.1) is 11.7 Å². The molecule has 1 aliphatic rings. The first-order chi connectivity index (χ1) is 10.1. The Morgan fingerprint density at radius 1 is 1.24 bits per heavy atom. The minimum atomic E-state index is -0.594. The zero-order chi connectivity index (χ0) is 15.2. The van der Waals surface area contributed by atoms with Gasteiger partial charge in [0.05, 0.1) is 0 Å². The Morgan fingerprint density at radius 3 is 2.48 bits per heavy atom. The summed E-state index contributed by atoms with van der Waals surface area (Å²) >= 11 is 0. The first-order valence-electron chi connectivity index (χ1n) is 7.34. The third kappa shape index (κ3) is 4.93. The van der Waals surface area contributed by atoms with E-state index in [4.69, 9.17) is 4.74 Å². The van der Waals surface area contributed by atoms with Crippen molar-refractivity contribution in [1.29, 1.82) is 0 Å². The average molecular weight is 297 g/mol. The number of ether oxygens (including phenoxy) is 1. The van der Waals surface area contributed by atoms with Gasteiger partial charge in [0.1, 0.15) is 24.3 Å². The molecule has 5 nitrogen and oxygen atoms in total. The van der Waals surface area contributed by atoms with Crippen molar-refractivity contribution in [3.8, 4) is 5.75 Å². The Kier molecular flexibility index (Phi) is 5.93. The summed E-state index contributed by atoms with van der Waals surface area (Å²) in [6.07, 6.45) is -0.594. The van der Waals surface area contributed by atoms with E-state index < -0.39 is 6.10 Å². The molecule has 0 spiro atoms. The summed E-state index contributed by atoms with van der Waals surface area (Å²) in [6.45, 7) is 5.76. The SMILES string of the molecule is CC1NNC(C)C1CNCC(O)COc1ccc(F)cc1. The minimum absolute atomic E-state index is 0.185. The molecule has 1 heterocycles. The van der Waals surface area contributed by atoms with Crippen LogP contribution in [-0.4, -0.2) is 43.0 Å². The molecule has 3 atom stereocenters. The lowest BCUT2D eigenvalue weighted by Crippen LogP contribution is -2.39. The molecule has 118 valence electrons. The predicted molar refractivity (Wildman–Crippen MR) is 79.5 cm³/mol. The lowest BCUT2D eigenvalue weighted by atomic mass is 9.97. The molecule has 0 radical (unpaired) electrons. The molecule has 1 aromatic rings. The zero-order valence-electron chi connectivity index (χ0n) is 12.5. The van der Waals surface area contributed by atoms with Gasteiger partial charge < -0.3 is 15.2 Å². The van der Waals surface area contributed by atoms with Gasteiger partial charge in [-0.05, 0) is 38.1 Å². The molecule has 1 aromatic carbocycles. The molecule has 21 heavy (non-hydrogen) atoms. The maximum atomic E-state index is 12.7. The molecular formula is C15H24FN3O2. The van der Waals surface area contributed by atoms with Gasteiger partial charge >= 0.3 is 0 Å². The van der Waals surface area contributed by atoms with E-state index in [1.54, 1.807) is 12.1 Å². The quantitative estimate of drug-likeness (QED) is 0.595. The first kappa shape index (κ1) is 16.2. The van der Waals surface area contributed by atoms with E-state index in [1.165, 1.54) is 12.1 Å². The van der Waals surface area contributed by atoms with Gasteiger partial charge in [0.25, 0.3) is 0 Å². The molecule has 4 N–H and O–H groups in total. The van der Waals surface area contributed by atoms with E-state index in [1.807, 2.05) is 0 Å². The highest BCUT2D eigenvalue weighted by Crippen LogP contribution is 2.13. The first-order valence-corrected chi connectivity index (χ1v) is 7.34. The summed E-state index contributed by atoms with van der Waals surface area (Å²) in [5.74, 6) is 0.740. The van der Waals surface area contributed by atoms with Crippen LogP contribution in [0.3, 0.4) is 0 Å². The highest BCUT2D eigenvalue weighted by atomic mass is 19.1. The van der Waals surface area contributed by atoms with Crippen molar-refractivity contribution in [1.82, 2.24) is 16.2 Å². The van der Waals surface area contributed by atoms with E-state index >= 15 is 0 Å². The second kappa shape index (κ2) is 7.70. The van der Waals surface area contributed by atoms with Crippen molar-refractivity contribution >= 4 is 0 Å². The van der Waals surface area contributed by atoms with E-state index in [0.717, 1.165) is 6.54 Å². The third-order valence-corrected chi connectivity index (χ3v) is 3.84. The Bertz CT molecular complexity index is 419. The predicted octanol–water partition coefficient (Wildman–Crippen LogP) is 0.656. The van der Waals surface area contributed by atoms with E-state index in [0.29, 0.717) is 30.3 Å². The van der Waals surface area contributed by atoms with Crippen LogP contribution >= 0.6 is 0 Å². The number of halogens is 1. The lowest BCUT2D eigenvalue weighted by molar-refractivity contribution is 0.105. The highest BCUT2D eigenvalue weighted by molar-refractivity contribution is 5.22. The Morgan fingerprint density at radius 2 is 1.86 bits per heavy atom. The number of aliphatic hydroxyl groups is 1. The molecule has 1 saturated heterocycles. The Balaban J connectivity index is 1.63. The number of aliphatic hydroxyl groups excluding tert-OH is 1. The van der Waals surface area contributed by atoms with Crippen LogP contribution in [-0.2, 0) is 0 Å². The van der Waals surface area contributed by atoms with Crippen LogP contribution in [0.5, 0.6) is 5.75 Å². The van der Waals surface area contributed by atoms with Gasteiger partial charge in [0.2, 0.25) is 0 Å². The molecule has 0 bridgehead atoms. The van der Waals surface area contributed by atoms with Gasteiger partial charge in [-0.2, -0.15) is 0 Å². The molecule has 6 heteroatoms. The molecular weight excluding hydrogens is 273 g/mol.